The predicted octanol–water partition coefficient (Wildman–Crippen LogP) is 1.98. The average molecular weight is 245 g/mol. The van der Waals surface area contributed by atoms with E-state index in [2.05, 4.69) is 10.2 Å². The van der Waals surface area contributed by atoms with E-state index in [1.165, 1.54) is 0 Å². The minimum absolute atomic E-state index is 0.0560. The van der Waals surface area contributed by atoms with Gasteiger partial charge in [-0.2, -0.15) is 5.10 Å². The normalized spacial score (nSPS) is 10.5. The van der Waals surface area contributed by atoms with Crippen molar-refractivity contribution in [2.24, 2.45) is 0 Å². The zero-order valence-electron chi connectivity index (χ0n) is 10.1. The van der Waals surface area contributed by atoms with E-state index in [1.54, 1.807) is 0 Å². The van der Waals surface area contributed by atoms with Crippen LogP contribution in [-0.4, -0.2) is 21.3 Å². The number of nitrogens with zero attached hydrogens (tertiary/aromatic N) is 1. The van der Waals surface area contributed by atoms with Gasteiger partial charge in [0.1, 0.15) is 0 Å². The molecule has 5 heteroatoms. The fraction of sp³-hybridized carbons (Fsp3) is 0.231. The summed E-state index contributed by atoms with van der Waals surface area (Å²) < 4.78 is 0. The van der Waals surface area contributed by atoms with Crippen LogP contribution in [0.5, 0.6) is 0 Å². The van der Waals surface area contributed by atoms with Crippen molar-refractivity contribution in [3.63, 3.8) is 0 Å². The Kier molecular flexibility index (Phi) is 3.32. The second kappa shape index (κ2) is 4.91. The molecule has 1 aromatic carbocycles. The summed E-state index contributed by atoms with van der Waals surface area (Å²) in [7, 11) is 0. The Morgan fingerprint density at radius 1 is 1.50 bits per heavy atom. The van der Waals surface area contributed by atoms with E-state index in [-0.39, 0.29) is 6.42 Å². The molecule has 0 aliphatic rings. The minimum Gasteiger partial charge on any atom is -0.481 e. The third-order valence-electron chi connectivity index (χ3n) is 2.76. The molecule has 0 aliphatic carbocycles. The monoisotopic (exact) mass is 245 g/mol. The number of aliphatic carboxylic acids is 1. The van der Waals surface area contributed by atoms with Crippen LogP contribution >= 0.6 is 0 Å². The van der Waals surface area contributed by atoms with Crippen molar-refractivity contribution >= 4 is 11.8 Å². The number of aromatic nitrogens is 2. The largest absolute Gasteiger partial charge is 0.481 e. The lowest BCUT2D eigenvalue weighted by Crippen LogP contribution is -1.99. The molecule has 5 nitrogen and oxygen atoms in total. The number of anilines is 1. The maximum Gasteiger partial charge on any atom is 0.303 e. The van der Waals surface area contributed by atoms with Gasteiger partial charge in [0.15, 0.2) is 5.82 Å². The van der Waals surface area contributed by atoms with Gasteiger partial charge in [-0.15, -0.1) is 0 Å². The van der Waals surface area contributed by atoms with Crippen molar-refractivity contribution in [2.45, 2.75) is 19.8 Å². The van der Waals surface area contributed by atoms with Crippen molar-refractivity contribution in [3.8, 4) is 11.1 Å². The number of aromatic amines is 1. The number of nitrogens with two attached hydrogens (primary N) is 1. The fourth-order valence-corrected chi connectivity index (χ4v) is 1.93. The number of carbonyl (C=O) groups is 1. The summed E-state index contributed by atoms with van der Waals surface area (Å²) >= 11 is 0. The van der Waals surface area contributed by atoms with Crippen molar-refractivity contribution in [1.82, 2.24) is 10.2 Å². The second-order valence-corrected chi connectivity index (χ2v) is 4.23. The Morgan fingerprint density at radius 2 is 2.28 bits per heavy atom. The van der Waals surface area contributed by atoms with Gasteiger partial charge in [-0.05, 0) is 12.5 Å². The molecule has 1 aromatic heterocycles. The summed E-state index contributed by atoms with van der Waals surface area (Å²) in [5.41, 5.74) is 9.49. The van der Waals surface area contributed by atoms with Gasteiger partial charge in [-0.25, -0.2) is 0 Å². The van der Waals surface area contributed by atoms with Gasteiger partial charge in [0.2, 0.25) is 0 Å². The number of nitrogens with one attached hydrogen (secondary N) is 1. The van der Waals surface area contributed by atoms with E-state index in [0.29, 0.717) is 12.2 Å². The molecule has 1 heterocycles. The zero-order valence-corrected chi connectivity index (χ0v) is 10.1. The number of benzene rings is 1. The molecule has 0 spiro atoms. The number of carboxylic acid groups (broad SMARTS) is 1. The zero-order chi connectivity index (χ0) is 13.1. The highest BCUT2D eigenvalue weighted by Gasteiger charge is 2.13. The Labute approximate surface area is 105 Å². The molecule has 94 valence electrons. The smallest absolute Gasteiger partial charge is 0.303 e. The molecule has 0 unspecified atom stereocenters. The molecule has 4 N–H and O–H groups in total. The van der Waals surface area contributed by atoms with E-state index < -0.39 is 5.97 Å². The summed E-state index contributed by atoms with van der Waals surface area (Å²) in [5, 5.41) is 15.5. The number of aryl methyl sites for hydroxylation is 2. The topological polar surface area (TPSA) is 92.0 Å². The van der Waals surface area contributed by atoms with Gasteiger partial charge < -0.3 is 10.8 Å². The van der Waals surface area contributed by atoms with Gasteiger partial charge in [-0.1, -0.05) is 29.8 Å². The number of H-pyrrole nitrogens is 1. The first-order chi connectivity index (χ1) is 8.58. The Bertz CT molecular complexity index is 575. The first kappa shape index (κ1) is 12.2. The molecule has 0 saturated carbocycles. The third-order valence-corrected chi connectivity index (χ3v) is 2.76. The van der Waals surface area contributed by atoms with Crippen LogP contribution < -0.4 is 5.73 Å². The van der Waals surface area contributed by atoms with Gasteiger partial charge in [0.05, 0.1) is 6.42 Å². The number of hydrogen-bond donors (Lipinski definition) is 3. The molecule has 2 aromatic rings. The van der Waals surface area contributed by atoms with E-state index in [4.69, 9.17) is 10.8 Å². The van der Waals surface area contributed by atoms with Gasteiger partial charge in [-0.3, -0.25) is 9.89 Å². The summed E-state index contributed by atoms with van der Waals surface area (Å²) in [4.78, 5) is 10.6. The molecule has 0 radical (unpaired) electrons. The summed E-state index contributed by atoms with van der Waals surface area (Å²) in [5.74, 6) is -0.431. The lowest BCUT2D eigenvalue weighted by atomic mass is 10.0. The van der Waals surface area contributed by atoms with E-state index in [1.807, 2.05) is 31.2 Å². The van der Waals surface area contributed by atoms with Crippen LogP contribution in [0.25, 0.3) is 11.1 Å². The fourth-order valence-electron chi connectivity index (χ4n) is 1.93. The molecule has 0 amide bonds. The lowest BCUT2D eigenvalue weighted by molar-refractivity contribution is -0.136. The molecule has 0 aliphatic heterocycles. The third kappa shape index (κ3) is 2.51. The van der Waals surface area contributed by atoms with Crippen LogP contribution in [0.4, 0.5) is 5.82 Å². The summed E-state index contributed by atoms with van der Waals surface area (Å²) in [6.45, 7) is 2.00. The molecular weight excluding hydrogens is 230 g/mol. The first-order valence-electron chi connectivity index (χ1n) is 5.69. The van der Waals surface area contributed by atoms with E-state index in [9.17, 15) is 4.79 Å². The molecule has 0 bridgehead atoms. The van der Waals surface area contributed by atoms with Gasteiger partial charge in [0, 0.05) is 17.7 Å². The molecule has 2 rings (SSSR count). The number of nitrogen functional groups attached to an aromatic ring is 1. The van der Waals surface area contributed by atoms with Gasteiger partial charge >= 0.3 is 5.97 Å². The molecular formula is C13H15N3O2. The molecule has 18 heavy (non-hydrogen) atoms. The minimum atomic E-state index is -0.835. The summed E-state index contributed by atoms with van der Waals surface area (Å²) in [6, 6.07) is 7.89. The van der Waals surface area contributed by atoms with Crippen LogP contribution in [0.15, 0.2) is 24.3 Å². The van der Waals surface area contributed by atoms with E-state index in [0.717, 1.165) is 22.4 Å². The van der Waals surface area contributed by atoms with Crippen molar-refractivity contribution in [3.05, 3.63) is 35.5 Å². The van der Waals surface area contributed by atoms with Crippen molar-refractivity contribution in [1.29, 1.82) is 0 Å². The highest BCUT2D eigenvalue weighted by Crippen LogP contribution is 2.29. The standard InChI is InChI=1S/C13H15N3O2/c1-8-3-2-4-9(7-8)12-10(5-6-11(17)18)15-16-13(12)14/h2-4,7H,5-6H2,1H3,(H,17,18)(H3,14,15,16). The first-order valence-corrected chi connectivity index (χ1v) is 5.69. The SMILES string of the molecule is Cc1cccc(-c2c(N)n[nH]c2CCC(=O)O)c1. The van der Waals surface area contributed by atoms with Crippen LogP contribution in [0.3, 0.4) is 0 Å². The number of rotatable bonds is 4. The van der Waals surface area contributed by atoms with Crippen LogP contribution in [0, 0.1) is 6.92 Å². The van der Waals surface area contributed by atoms with Crippen molar-refractivity contribution in [2.75, 3.05) is 5.73 Å². The van der Waals surface area contributed by atoms with Crippen LogP contribution in [0.1, 0.15) is 17.7 Å². The van der Waals surface area contributed by atoms with Gasteiger partial charge in [0.25, 0.3) is 0 Å². The molecule has 0 atom stereocenters. The quantitative estimate of drug-likeness (QED) is 0.768. The Hall–Kier alpha value is -2.30. The summed E-state index contributed by atoms with van der Waals surface area (Å²) in [6.07, 6.45) is 0.448. The highest BCUT2D eigenvalue weighted by molar-refractivity contribution is 5.77. The maximum absolute atomic E-state index is 10.6. The Morgan fingerprint density at radius 3 is 2.94 bits per heavy atom. The maximum atomic E-state index is 10.6. The van der Waals surface area contributed by atoms with Crippen LogP contribution in [0.2, 0.25) is 0 Å². The lowest BCUT2D eigenvalue weighted by Gasteiger charge is -2.04. The predicted molar refractivity (Wildman–Crippen MR) is 69.1 cm³/mol. The average Bonchev–Trinajstić information content (AvgIpc) is 2.68. The second-order valence-electron chi connectivity index (χ2n) is 4.23. The Balaban J connectivity index is 2.37. The highest BCUT2D eigenvalue weighted by atomic mass is 16.4. The van der Waals surface area contributed by atoms with Crippen molar-refractivity contribution < 1.29 is 9.90 Å². The van der Waals surface area contributed by atoms with E-state index >= 15 is 0 Å². The number of carboxylic acids is 1. The number of hydrogen-bond acceptors (Lipinski definition) is 3. The molecule has 0 saturated heterocycles. The van der Waals surface area contributed by atoms with Crippen LogP contribution in [-0.2, 0) is 11.2 Å². The molecule has 0 fully saturated rings.